The minimum Gasteiger partial charge on any atom is -0.393 e. The van der Waals surface area contributed by atoms with Crippen LogP contribution in [-0.2, 0) is 11.3 Å². The number of aliphatic hydroxyl groups is 1. The molecule has 0 amide bonds. The molecule has 7 aliphatic rings. The second-order valence-electron chi connectivity index (χ2n) is 14.7. The summed E-state index contributed by atoms with van der Waals surface area (Å²) in [5.41, 5.74) is 7.41. The van der Waals surface area contributed by atoms with E-state index in [0.717, 1.165) is 68.6 Å². The van der Waals surface area contributed by atoms with Crippen LogP contribution in [0.5, 0.6) is 0 Å². The van der Waals surface area contributed by atoms with Crippen molar-refractivity contribution < 1.29 is 9.84 Å². The Morgan fingerprint density at radius 3 is 2.82 bits per heavy atom. The zero-order valence-corrected chi connectivity index (χ0v) is 24.3. The van der Waals surface area contributed by atoms with Gasteiger partial charge in [-0.3, -0.25) is 4.90 Å². The average Bonchev–Trinajstić information content (AvgIpc) is 3.41. The van der Waals surface area contributed by atoms with Gasteiger partial charge in [0.1, 0.15) is 0 Å². The fourth-order valence-corrected chi connectivity index (χ4v) is 10.6. The van der Waals surface area contributed by atoms with Crippen molar-refractivity contribution in [2.75, 3.05) is 6.54 Å². The molecule has 3 heterocycles. The molecule has 5 aliphatic carbocycles. The summed E-state index contributed by atoms with van der Waals surface area (Å²) in [4.78, 5) is 2.69. The quantitative estimate of drug-likeness (QED) is 0.504. The number of allylic oxidation sites excluding steroid dienone is 4. The monoisotopic (exact) mass is 530 g/mol. The maximum Gasteiger partial charge on any atom is 0.0971 e. The molecule has 10 unspecified atom stereocenters. The maximum absolute atomic E-state index is 10.4. The summed E-state index contributed by atoms with van der Waals surface area (Å²) < 4.78 is 9.28. The van der Waals surface area contributed by atoms with Gasteiger partial charge in [-0.25, -0.2) is 4.68 Å². The molecule has 4 fully saturated rings. The Morgan fingerprint density at radius 1 is 1.15 bits per heavy atom. The minimum atomic E-state index is -0.134. The van der Waals surface area contributed by atoms with Gasteiger partial charge in [0.05, 0.1) is 29.7 Å². The lowest BCUT2D eigenvalue weighted by molar-refractivity contribution is -0.0657. The molecule has 210 valence electrons. The highest BCUT2D eigenvalue weighted by Gasteiger charge is 2.61. The third kappa shape index (κ3) is 3.63. The van der Waals surface area contributed by atoms with Crippen molar-refractivity contribution in [2.24, 2.45) is 35.0 Å². The first-order valence-electron chi connectivity index (χ1n) is 15.9. The fraction of sp³-hybridized carbons (Fsp3) is 0.758. The smallest absolute Gasteiger partial charge is 0.0971 e. The molecular formula is C33H46N4O2. The first kappa shape index (κ1) is 25.0. The fourth-order valence-electron chi connectivity index (χ4n) is 10.6. The zero-order chi connectivity index (χ0) is 26.7. The number of nitrogens with zero attached hydrogens (tertiary/aromatic N) is 4. The van der Waals surface area contributed by atoms with E-state index in [1.165, 1.54) is 31.4 Å². The highest BCUT2D eigenvalue weighted by molar-refractivity contribution is 5.60. The molecule has 1 aromatic rings. The van der Waals surface area contributed by atoms with Crippen LogP contribution in [0.25, 0.3) is 5.70 Å². The summed E-state index contributed by atoms with van der Waals surface area (Å²) in [7, 11) is 0. The van der Waals surface area contributed by atoms with Crippen molar-refractivity contribution in [3.05, 3.63) is 40.8 Å². The molecule has 0 radical (unpaired) electrons. The second-order valence-corrected chi connectivity index (χ2v) is 14.7. The van der Waals surface area contributed by atoms with E-state index in [2.05, 4.69) is 61.3 Å². The topological polar surface area (TPSA) is 63.4 Å². The van der Waals surface area contributed by atoms with E-state index in [0.29, 0.717) is 24.0 Å². The largest absolute Gasteiger partial charge is 0.393 e. The third-order valence-corrected chi connectivity index (χ3v) is 12.7. The standard InChI is InChI=1S/C33H46N4O2/c1-19-13-30-31(36(16-19)17-23-18-37(35-34-23)24-6-7-24)21(3)33(39-30)12-10-26-27-8-5-22-14-25(38)9-11-32(22,4)29(27)15-28(26)20(33)2/h5-6,18-19,21,25-27,29-31,38H,7-17H2,1-4H3. The van der Waals surface area contributed by atoms with Crippen molar-refractivity contribution >= 4 is 5.70 Å². The molecule has 8 rings (SSSR count). The van der Waals surface area contributed by atoms with Gasteiger partial charge in [0, 0.05) is 37.2 Å². The van der Waals surface area contributed by atoms with E-state index in [1.807, 2.05) is 4.68 Å². The van der Waals surface area contributed by atoms with Crippen LogP contribution in [0.4, 0.5) is 0 Å². The highest BCUT2D eigenvalue weighted by Crippen LogP contribution is 2.65. The lowest BCUT2D eigenvalue weighted by Gasteiger charge is -2.49. The van der Waals surface area contributed by atoms with Gasteiger partial charge in [0.15, 0.2) is 0 Å². The van der Waals surface area contributed by atoms with E-state index in [-0.39, 0.29) is 17.1 Å². The Kier molecular flexibility index (Phi) is 5.53. The number of aromatic nitrogens is 3. The Bertz CT molecular complexity index is 1280. The molecule has 2 saturated carbocycles. The number of ether oxygens (including phenoxy) is 1. The summed E-state index contributed by atoms with van der Waals surface area (Å²) in [6.07, 6.45) is 17.2. The van der Waals surface area contributed by atoms with Crippen LogP contribution in [-0.4, -0.2) is 55.4 Å². The lowest BCUT2D eigenvalue weighted by atomic mass is 9.56. The molecule has 2 saturated heterocycles. The predicted octanol–water partition coefficient (Wildman–Crippen LogP) is 5.75. The van der Waals surface area contributed by atoms with Gasteiger partial charge in [-0.2, -0.15) is 0 Å². The van der Waals surface area contributed by atoms with E-state index < -0.39 is 0 Å². The number of hydrogen-bond donors (Lipinski definition) is 1. The van der Waals surface area contributed by atoms with Gasteiger partial charge in [0.2, 0.25) is 0 Å². The zero-order valence-electron chi connectivity index (χ0n) is 24.3. The van der Waals surface area contributed by atoms with E-state index >= 15 is 0 Å². The van der Waals surface area contributed by atoms with Gasteiger partial charge >= 0.3 is 0 Å². The third-order valence-electron chi connectivity index (χ3n) is 12.7. The molecule has 0 aromatic carbocycles. The number of fused-ring (bicyclic) bond motifs is 6. The number of rotatable bonds is 3. The summed E-state index contributed by atoms with van der Waals surface area (Å²) in [6, 6.07) is 0.438. The van der Waals surface area contributed by atoms with Crippen molar-refractivity contribution in [1.82, 2.24) is 19.9 Å². The minimum absolute atomic E-state index is 0.118. The van der Waals surface area contributed by atoms with Gasteiger partial charge < -0.3 is 9.84 Å². The highest BCUT2D eigenvalue weighted by atomic mass is 16.5. The predicted molar refractivity (Wildman–Crippen MR) is 151 cm³/mol. The van der Waals surface area contributed by atoms with Crippen LogP contribution in [0, 0.1) is 35.0 Å². The van der Waals surface area contributed by atoms with Crippen molar-refractivity contribution in [3.63, 3.8) is 0 Å². The van der Waals surface area contributed by atoms with Crippen LogP contribution in [0.1, 0.15) is 91.2 Å². The van der Waals surface area contributed by atoms with Gasteiger partial charge in [-0.15, -0.1) is 5.10 Å². The Balaban J connectivity index is 1.09. The number of likely N-dealkylation sites (tertiary alicyclic amines) is 1. The first-order chi connectivity index (χ1) is 18.8. The molecule has 1 N–H and O–H groups in total. The molecule has 0 bridgehead atoms. The summed E-state index contributed by atoms with van der Waals surface area (Å²) in [5, 5.41) is 19.3. The Labute approximate surface area is 233 Å². The molecule has 39 heavy (non-hydrogen) atoms. The van der Waals surface area contributed by atoms with E-state index in [4.69, 9.17) is 4.74 Å². The normalized spacial score (nSPS) is 46.9. The molecular weight excluding hydrogens is 484 g/mol. The van der Waals surface area contributed by atoms with Crippen LogP contribution < -0.4 is 0 Å². The number of hydrogen-bond acceptors (Lipinski definition) is 5. The number of aliphatic hydroxyl groups excluding tert-OH is 1. The number of piperidine rings is 1. The summed E-state index contributed by atoms with van der Waals surface area (Å²) >= 11 is 0. The lowest BCUT2D eigenvalue weighted by Crippen LogP contribution is -2.51. The second kappa shape index (κ2) is 8.62. The van der Waals surface area contributed by atoms with Gasteiger partial charge in [-0.05, 0) is 93.0 Å². The van der Waals surface area contributed by atoms with Gasteiger partial charge in [-0.1, -0.05) is 49.3 Å². The molecule has 1 aromatic heterocycles. The maximum atomic E-state index is 10.4. The van der Waals surface area contributed by atoms with Crippen LogP contribution >= 0.6 is 0 Å². The van der Waals surface area contributed by atoms with E-state index in [1.54, 1.807) is 16.7 Å². The molecule has 1 spiro atoms. The van der Waals surface area contributed by atoms with Crippen LogP contribution in [0.15, 0.2) is 35.1 Å². The summed E-state index contributed by atoms with van der Waals surface area (Å²) in [5.74, 6) is 3.33. The Morgan fingerprint density at radius 2 is 2.00 bits per heavy atom. The summed E-state index contributed by atoms with van der Waals surface area (Å²) in [6.45, 7) is 11.9. The molecule has 10 atom stereocenters. The molecule has 2 aliphatic heterocycles. The van der Waals surface area contributed by atoms with Crippen LogP contribution in [0.2, 0.25) is 0 Å². The van der Waals surface area contributed by atoms with E-state index in [9.17, 15) is 5.11 Å². The van der Waals surface area contributed by atoms with Crippen molar-refractivity contribution in [1.29, 1.82) is 0 Å². The molecule has 6 heteroatoms. The SMILES string of the molecule is CC1=C2CC3C(CC=C4CC(O)CCC43C)C2CCC12OC1CC(C)CN(Cc3cn(C4=CC4)nn3)C1C2C. The van der Waals surface area contributed by atoms with Crippen LogP contribution in [0.3, 0.4) is 0 Å². The van der Waals surface area contributed by atoms with Crippen molar-refractivity contribution in [3.8, 4) is 0 Å². The first-order valence-corrected chi connectivity index (χ1v) is 15.9. The van der Waals surface area contributed by atoms with Crippen molar-refractivity contribution in [2.45, 2.75) is 116 Å². The van der Waals surface area contributed by atoms with Gasteiger partial charge in [0.25, 0.3) is 0 Å². The molecule has 6 nitrogen and oxygen atoms in total. The average molecular weight is 531 g/mol. The Hall–Kier alpha value is -1.76.